The van der Waals surface area contributed by atoms with Crippen LogP contribution in [0.5, 0.6) is 0 Å². The molecule has 0 radical (unpaired) electrons. The molecule has 0 saturated carbocycles. The summed E-state index contributed by atoms with van der Waals surface area (Å²) in [7, 11) is 5.31. The molecule has 1 aliphatic carbocycles. The number of carbonyl (C=O) groups is 1. The summed E-state index contributed by atoms with van der Waals surface area (Å²) >= 11 is 0. The number of allylic oxidation sites excluding steroid dienone is 1. The van der Waals surface area contributed by atoms with Gasteiger partial charge in [0.15, 0.2) is 0 Å². The highest BCUT2D eigenvalue weighted by molar-refractivity contribution is 6.04. The van der Waals surface area contributed by atoms with Crippen LogP contribution in [0, 0.1) is 0 Å². The van der Waals surface area contributed by atoms with E-state index in [0.29, 0.717) is 5.70 Å². The quantitative estimate of drug-likeness (QED) is 0.602. The lowest BCUT2D eigenvalue weighted by atomic mass is 10.1. The van der Waals surface area contributed by atoms with Gasteiger partial charge < -0.3 is 9.64 Å². The summed E-state index contributed by atoms with van der Waals surface area (Å²) < 4.78 is 5.08. The Morgan fingerprint density at radius 1 is 1.50 bits per heavy atom. The van der Waals surface area contributed by atoms with E-state index in [0.717, 1.165) is 0 Å². The number of methoxy groups -OCH3 is 1. The second-order valence-electron chi connectivity index (χ2n) is 2.87. The number of ketones is 1. The summed E-state index contributed by atoms with van der Waals surface area (Å²) in [6.45, 7) is 0. The molecule has 0 aromatic heterocycles. The molecule has 0 fully saturated rings. The van der Waals surface area contributed by atoms with E-state index in [9.17, 15) is 4.79 Å². The highest BCUT2D eigenvalue weighted by Gasteiger charge is 2.15. The molecule has 0 aromatic rings. The minimum atomic E-state index is -0.0694. The van der Waals surface area contributed by atoms with Crippen molar-refractivity contribution in [2.45, 2.75) is 6.10 Å². The summed E-state index contributed by atoms with van der Waals surface area (Å²) in [4.78, 5) is 13.0. The number of likely N-dealkylation sites (N-methyl/N-ethyl adjacent to an activating group) is 1. The van der Waals surface area contributed by atoms with E-state index >= 15 is 0 Å². The first-order valence-corrected chi connectivity index (χ1v) is 3.79. The molecule has 1 aliphatic rings. The predicted molar refractivity (Wildman–Crippen MR) is 46.7 cm³/mol. The van der Waals surface area contributed by atoms with E-state index < -0.39 is 0 Å². The van der Waals surface area contributed by atoms with Crippen LogP contribution in [0.15, 0.2) is 23.9 Å². The van der Waals surface area contributed by atoms with Crippen LogP contribution in [-0.4, -0.2) is 38.0 Å². The van der Waals surface area contributed by atoms with Crippen molar-refractivity contribution in [2.24, 2.45) is 0 Å². The minimum Gasteiger partial charge on any atom is -0.375 e. The van der Waals surface area contributed by atoms with Crippen LogP contribution < -0.4 is 0 Å². The van der Waals surface area contributed by atoms with Gasteiger partial charge in [-0.3, -0.25) is 4.79 Å². The molecule has 3 nitrogen and oxygen atoms in total. The third-order valence-electron chi connectivity index (χ3n) is 1.77. The SMILES string of the molecule is COC1C=CC(=O)C(N(C)C)=C1. The van der Waals surface area contributed by atoms with Crippen LogP contribution >= 0.6 is 0 Å². The third kappa shape index (κ3) is 1.74. The van der Waals surface area contributed by atoms with Crippen molar-refractivity contribution < 1.29 is 9.53 Å². The van der Waals surface area contributed by atoms with Crippen LogP contribution in [0.25, 0.3) is 0 Å². The first kappa shape index (κ1) is 9.00. The Morgan fingerprint density at radius 3 is 2.67 bits per heavy atom. The Hall–Kier alpha value is -1.09. The Bertz CT molecular complexity index is 241. The first-order chi connectivity index (χ1) is 5.65. The van der Waals surface area contributed by atoms with E-state index in [1.807, 2.05) is 20.2 Å². The lowest BCUT2D eigenvalue weighted by molar-refractivity contribution is -0.112. The minimum absolute atomic E-state index is 0.0355. The molecular weight excluding hydrogens is 154 g/mol. The fourth-order valence-electron chi connectivity index (χ4n) is 1.08. The van der Waals surface area contributed by atoms with E-state index in [-0.39, 0.29) is 11.9 Å². The van der Waals surface area contributed by atoms with Gasteiger partial charge in [-0.1, -0.05) is 0 Å². The average Bonchev–Trinajstić information content (AvgIpc) is 2.05. The molecule has 0 bridgehead atoms. The van der Waals surface area contributed by atoms with Crippen molar-refractivity contribution in [1.82, 2.24) is 4.90 Å². The summed E-state index contributed by atoms with van der Waals surface area (Å²) in [5, 5.41) is 0. The Morgan fingerprint density at radius 2 is 2.17 bits per heavy atom. The van der Waals surface area contributed by atoms with Gasteiger partial charge in [0.05, 0.1) is 11.8 Å². The molecule has 0 saturated heterocycles. The molecule has 66 valence electrons. The zero-order valence-corrected chi connectivity index (χ0v) is 7.57. The Labute approximate surface area is 72.3 Å². The summed E-state index contributed by atoms with van der Waals surface area (Å²) in [5.74, 6) is 0.0355. The van der Waals surface area contributed by atoms with Crippen molar-refractivity contribution >= 4 is 5.78 Å². The van der Waals surface area contributed by atoms with Gasteiger partial charge in [-0.05, 0) is 18.2 Å². The van der Waals surface area contributed by atoms with Crippen LogP contribution in [0.2, 0.25) is 0 Å². The van der Waals surface area contributed by atoms with Gasteiger partial charge in [0.1, 0.15) is 0 Å². The number of hydrogen-bond acceptors (Lipinski definition) is 3. The monoisotopic (exact) mass is 167 g/mol. The lowest BCUT2D eigenvalue weighted by Gasteiger charge is -2.19. The predicted octanol–water partition coefficient (Wildman–Crippen LogP) is 0.586. The first-order valence-electron chi connectivity index (χ1n) is 3.79. The van der Waals surface area contributed by atoms with Crippen LogP contribution in [-0.2, 0) is 9.53 Å². The fraction of sp³-hybridized carbons (Fsp3) is 0.444. The molecule has 3 heteroatoms. The van der Waals surface area contributed by atoms with Gasteiger partial charge >= 0.3 is 0 Å². The number of carbonyl (C=O) groups excluding carboxylic acids is 1. The highest BCUT2D eigenvalue weighted by Crippen LogP contribution is 2.11. The van der Waals surface area contributed by atoms with E-state index in [1.54, 1.807) is 24.2 Å². The van der Waals surface area contributed by atoms with Crippen molar-refractivity contribution in [3.8, 4) is 0 Å². The molecule has 0 aliphatic heterocycles. The molecule has 1 atom stereocenters. The third-order valence-corrected chi connectivity index (χ3v) is 1.77. The van der Waals surface area contributed by atoms with E-state index in [4.69, 9.17) is 4.74 Å². The summed E-state index contributed by atoms with van der Waals surface area (Å²) in [5.41, 5.74) is 0.685. The normalized spacial score (nSPS) is 22.4. The topological polar surface area (TPSA) is 29.5 Å². The maximum atomic E-state index is 11.2. The maximum absolute atomic E-state index is 11.2. The van der Waals surface area contributed by atoms with Crippen molar-refractivity contribution in [3.05, 3.63) is 23.9 Å². The van der Waals surface area contributed by atoms with Gasteiger partial charge in [-0.25, -0.2) is 0 Å². The summed E-state index contributed by atoms with van der Waals surface area (Å²) in [6, 6.07) is 0. The molecular formula is C9H13NO2. The number of hydrogen-bond donors (Lipinski definition) is 0. The Balaban J connectivity index is 2.82. The van der Waals surface area contributed by atoms with Gasteiger partial charge in [0.2, 0.25) is 5.78 Å². The summed E-state index contributed by atoms with van der Waals surface area (Å²) in [6.07, 6.45) is 5.03. The van der Waals surface area contributed by atoms with Crippen LogP contribution in [0.1, 0.15) is 0 Å². The van der Waals surface area contributed by atoms with Crippen molar-refractivity contribution in [2.75, 3.05) is 21.2 Å². The standard InChI is InChI=1S/C9H13NO2/c1-10(2)8-6-7(12-3)4-5-9(8)11/h4-7H,1-3H3. The highest BCUT2D eigenvalue weighted by atomic mass is 16.5. The second-order valence-corrected chi connectivity index (χ2v) is 2.87. The van der Waals surface area contributed by atoms with Crippen molar-refractivity contribution in [3.63, 3.8) is 0 Å². The Kier molecular flexibility index (Phi) is 2.65. The molecule has 0 heterocycles. The zero-order chi connectivity index (χ0) is 9.14. The molecule has 1 rings (SSSR count). The lowest BCUT2D eigenvalue weighted by Crippen LogP contribution is -2.23. The largest absolute Gasteiger partial charge is 0.375 e. The van der Waals surface area contributed by atoms with Gasteiger partial charge in [-0.15, -0.1) is 0 Å². The average molecular weight is 167 g/mol. The molecule has 12 heavy (non-hydrogen) atoms. The number of rotatable bonds is 2. The molecule has 0 aromatic carbocycles. The maximum Gasteiger partial charge on any atom is 0.201 e. The zero-order valence-electron chi connectivity index (χ0n) is 7.57. The molecule has 0 amide bonds. The van der Waals surface area contributed by atoms with Crippen molar-refractivity contribution in [1.29, 1.82) is 0 Å². The molecule has 0 spiro atoms. The van der Waals surface area contributed by atoms with Crippen LogP contribution in [0.4, 0.5) is 0 Å². The number of nitrogens with zero attached hydrogens (tertiary/aromatic N) is 1. The van der Waals surface area contributed by atoms with Gasteiger partial charge in [0.25, 0.3) is 0 Å². The van der Waals surface area contributed by atoms with Gasteiger partial charge in [0, 0.05) is 21.2 Å². The molecule has 0 N–H and O–H groups in total. The smallest absolute Gasteiger partial charge is 0.201 e. The van der Waals surface area contributed by atoms with Gasteiger partial charge in [-0.2, -0.15) is 0 Å². The van der Waals surface area contributed by atoms with Crippen LogP contribution in [0.3, 0.4) is 0 Å². The van der Waals surface area contributed by atoms with E-state index in [1.165, 1.54) is 0 Å². The fourth-order valence-corrected chi connectivity index (χ4v) is 1.08. The van der Waals surface area contributed by atoms with E-state index in [2.05, 4.69) is 0 Å². The molecule has 1 unspecified atom stereocenters. The second kappa shape index (κ2) is 3.54. The number of ether oxygens (including phenoxy) is 1.